The van der Waals surface area contributed by atoms with E-state index in [1.165, 1.54) is 13.0 Å². The molecule has 0 radical (unpaired) electrons. The number of benzene rings is 1. The molecule has 0 atom stereocenters. The number of alkyl halides is 3. The fourth-order valence-corrected chi connectivity index (χ4v) is 3.19. The fourth-order valence-electron chi connectivity index (χ4n) is 1.73. The average Bonchev–Trinajstić information content (AvgIpc) is 2.66. The average molecular weight is 339 g/mol. The van der Waals surface area contributed by atoms with Gasteiger partial charge in [0.05, 0.1) is 15.5 Å². The molecule has 0 aliphatic heterocycles. The Bertz CT molecular complexity index is 677. The quantitative estimate of drug-likeness (QED) is 0.650. The van der Waals surface area contributed by atoms with Crippen LogP contribution in [0.3, 0.4) is 0 Å². The van der Waals surface area contributed by atoms with Crippen LogP contribution in [0.2, 0.25) is 8.67 Å². The molecule has 106 valence electrons. The molecular formula is C13H7Cl2F3OS. The molecular weight excluding hydrogens is 332 g/mol. The maximum Gasteiger partial charge on any atom is 0.416 e. The number of ketones is 1. The number of aryl methyl sites for hydroxylation is 1. The molecule has 0 aliphatic rings. The first-order valence-electron chi connectivity index (χ1n) is 5.37. The van der Waals surface area contributed by atoms with Crippen LogP contribution < -0.4 is 0 Å². The zero-order chi connectivity index (χ0) is 15.1. The van der Waals surface area contributed by atoms with Gasteiger partial charge in [-0.3, -0.25) is 4.79 Å². The Hall–Kier alpha value is -1.04. The molecule has 0 spiro atoms. The molecule has 0 aliphatic carbocycles. The summed E-state index contributed by atoms with van der Waals surface area (Å²) in [6.45, 7) is 1.45. The van der Waals surface area contributed by atoms with Gasteiger partial charge in [-0.05, 0) is 30.7 Å². The largest absolute Gasteiger partial charge is 0.416 e. The van der Waals surface area contributed by atoms with E-state index in [9.17, 15) is 18.0 Å². The van der Waals surface area contributed by atoms with E-state index in [0.717, 1.165) is 29.5 Å². The lowest BCUT2D eigenvalue weighted by Crippen LogP contribution is -2.08. The van der Waals surface area contributed by atoms with Crippen molar-refractivity contribution in [3.8, 4) is 0 Å². The molecule has 1 heterocycles. The van der Waals surface area contributed by atoms with Crippen LogP contribution >= 0.6 is 34.5 Å². The van der Waals surface area contributed by atoms with Gasteiger partial charge in [0.25, 0.3) is 0 Å². The van der Waals surface area contributed by atoms with E-state index in [4.69, 9.17) is 23.2 Å². The fraction of sp³-hybridized carbons (Fsp3) is 0.154. The molecule has 0 fully saturated rings. The Morgan fingerprint density at radius 1 is 1.15 bits per heavy atom. The predicted molar refractivity (Wildman–Crippen MR) is 74.0 cm³/mol. The Morgan fingerprint density at radius 3 is 2.25 bits per heavy atom. The SMILES string of the molecule is Cc1cc(C(F)(F)F)ccc1C(=O)c1cc(Cl)sc1Cl. The Labute approximate surface area is 126 Å². The van der Waals surface area contributed by atoms with Gasteiger partial charge in [-0.15, -0.1) is 11.3 Å². The topological polar surface area (TPSA) is 17.1 Å². The molecule has 2 aromatic rings. The van der Waals surface area contributed by atoms with Crippen LogP contribution in [0.5, 0.6) is 0 Å². The normalized spacial score (nSPS) is 11.7. The summed E-state index contributed by atoms with van der Waals surface area (Å²) in [5.41, 5.74) is -0.178. The summed E-state index contributed by atoms with van der Waals surface area (Å²) in [6, 6.07) is 4.38. The predicted octanol–water partition coefficient (Wildman–Crippen LogP) is 5.61. The number of carbonyl (C=O) groups excluding carboxylic acids is 1. The van der Waals surface area contributed by atoms with Crippen LogP contribution in [0.15, 0.2) is 24.3 Å². The summed E-state index contributed by atoms with van der Waals surface area (Å²) < 4.78 is 38.3. The van der Waals surface area contributed by atoms with Crippen molar-refractivity contribution in [2.45, 2.75) is 13.1 Å². The second kappa shape index (κ2) is 5.39. The molecule has 1 nitrogen and oxygen atoms in total. The monoisotopic (exact) mass is 338 g/mol. The third kappa shape index (κ3) is 3.00. The van der Waals surface area contributed by atoms with Gasteiger partial charge in [-0.25, -0.2) is 0 Å². The van der Waals surface area contributed by atoms with Crippen molar-refractivity contribution in [3.05, 3.63) is 55.2 Å². The lowest BCUT2D eigenvalue weighted by Gasteiger charge is -2.10. The smallest absolute Gasteiger partial charge is 0.289 e. The highest BCUT2D eigenvalue weighted by atomic mass is 35.5. The number of hydrogen-bond acceptors (Lipinski definition) is 2. The number of carbonyl (C=O) groups is 1. The lowest BCUT2D eigenvalue weighted by molar-refractivity contribution is -0.137. The lowest BCUT2D eigenvalue weighted by atomic mass is 9.98. The Kier molecular flexibility index (Phi) is 4.14. The van der Waals surface area contributed by atoms with Crippen molar-refractivity contribution >= 4 is 40.3 Å². The molecule has 7 heteroatoms. The molecule has 2 rings (SSSR count). The third-order valence-electron chi connectivity index (χ3n) is 2.70. The van der Waals surface area contributed by atoms with Gasteiger partial charge in [-0.1, -0.05) is 29.3 Å². The van der Waals surface area contributed by atoms with E-state index >= 15 is 0 Å². The summed E-state index contributed by atoms with van der Waals surface area (Å²) in [5.74, 6) is -0.440. The summed E-state index contributed by atoms with van der Waals surface area (Å²) >= 11 is 12.7. The molecule has 0 N–H and O–H groups in total. The first-order valence-corrected chi connectivity index (χ1v) is 6.95. The second-order valence-electron chi connectivity index (χ2n) is 4.09. The van der Waals surface area contributed by atoms with Crippen LogP contribution in [0.1, 0.15) is 27.0 Å². The summed E-state index contributed by atoms with van der Waals surface area (Å²) in [5, 5.41) is 0. The van der Waals surface area contributed by atoms with Gasteiger partial charge in [0.1, 0.15) is 4.34 Å². The van der Waals surface area contributed by atoms with E-state index in [0.29, 0.717) is 4.34 Å². The minimum Gasteiger partial charge on any atom is -0.289 e. The zero-order valence-corrected chi connectivity index (χ0v) is 12.3. The summed E-state index contributed by atoms with van der Waals surface area (Å²) in [4.78, 5) is 12.2. The molecule has 0 saturated carbocycles. The number of hydrogen-bond donors (Lipinski definition) is 0. The van der Waals surface area contributed by atoms with Crippen LogP contribution in [-0.4, -0.2) is 5.78 Å². The number of rotatable bonds is 2. The number of halogens is 5. The molecule has 1 aromatic heterocycles. The van der Waals surface area contributed by atoms with Gasteiger partial charge in [-0.2, -0.15) is 13.2 Å². The highest BCUT2D eigenvalue weighted by Crippen LogP contribution is 2.34. The van der Waals surface area contributed by atoms with E-state index in [-0.39, 0.29) is 21.0 Å². The first-order chi connectivity index (χ1) is 9.20. The maximum atomic E-state index is 12.6. The van der Waals surface area contributed by atoms with Gasteiger partial charge < -0.3 is 0 Å². The Balaban J connectivity index is 2.44. The van der Waals surface area contributed by atoms with E-state index in [1.807, 2.05) is 0 Å². The highest BCUT2D eigenvalue weighted by Gasteiger charge is 2.31. The molecule has 0 bridgehead atoms. The minimum atomic E-state index is -4.43. The van der Waals surface area contributed by atoms with Crippen LogP contribution in [0.25, 0.3) is 0 Å². The van der Waals surface area contributed by atoms with Crippen LogP contribution in [0, 0.1) is 6.92 Å². The van der Waals surface area contributed by atoms with Crippen molar-refractivity contribution in [1.29, 1.82) is 0 Å². The van der Waals surface area contributed by atoms with Gasteiger partial charge in [0.2, 0.25) is 0 Å². The van der Waals surface area contributed by atoms with Crippen molar-refractivity contribution in [3.63, 3.8) is 0 Å². The second-order valence-corrected chi connectivity index (χ2v) is 6.38. The van der Waals surface area contributed by atoms with Gasteiger partial charge >= 0.3 is 6.18 Å². The Morgan fingerprint density at radius 2 is 1.80 bits per heavy atom. The molecule has 20 heavy (non-hydrogen) atoms. The van der Waals surface area contributed by atoms with Crippen molar-refractivity contribution in [2.24, 2.45) is 0 Å². The third-order valence-corrected chi connectivity index (χ3v) is 4.19. The maximum absolute atomic E-state index is 12.6. The highest BCUT2D eigenvalue weighted by molar-refractivity contribution is 7.20. The van der Waals surface area contributed by atoms with Crippen molar-refractivity contribution in [2.75, 3.05) is 0 Å². The van der Waals surface area contributed by atoms with Crippen LogP contribution in [0.4, 0.5) is 13.2 Å². The first kappa shape index (κ1) is 15.4. The van der Waals surface area contributed by atoms with Crippen molar-refractivity contribution in [1.82, 2.24) is 0 Å². The summed E-state index contributed by atoms with van der Waals surface area (Å²) in [7, 11) is 0. The van der Waals surface area contributed by atoms with Crippen molar-refractivity contribution < 1.29 is 18.0 Å². The van der Waals surface area contributed by atoms with Gasteiger partial charge in [0.15, 0.2) is 5.78 Å². The molecule has 0 amide bonds. The number of thiophene rings is 1. The summed E-state index contributed by atoms with van der Waals surface area (Å²) in [6.07, 6.45) is -4.43. The zero-order valence-electron chi connectivity index (χ0n) is 10.0. The van der Waals surface area contributed by atoms with Gasteiger partial charge in [0, 0.05) is 5.56 Å². The standard InChI is InChI=1S/C13H7Cl2F3OS/c1-6-4-7(13(16,17)18)2-3-8(6)11(19)9-5-10(14)20-12(9)15/h2-5H,1H3. The molecule has 1 aromatic carbocycles. The van der Waals surface area contributed by atoms with E-state index < -0.39 is 17.5 Å². The minimum absolute atomic E-state index is 0.175. The molecule has 0 saturated heterocycles. The van der Waals surface area contributed by atoms with Crippen LogP contribution in [-0.2, 0) is 6.18 Å². The van der Waals surface area contributed by atoms with E-state index in [2.05, 4.69) is 0 Å². The van der Waals surface area contributed by atoms with E-state index in [1.54, 1.807) is 0 Å². The molecule has 0 unspecified atom stereocenters.